The van der Waals surface area contributed by atoms with Gasteiger partial charge in [-0.05, 0) is 52.2 Å². The van der Waals surface area contributed by atoms with Crippen LogP contribution >= 0.6 is 15.9 Å². The standard InChI is InChI=1S/C17H18BrF2N/c1-3-11-7-5-6-8-12(11)17(21-4-2)13-9-16(20)14(18)10-15(13)19/h5-10,17,21H,3-4H2,1-2H3. The molecule has 0 heterocycles. The smallest absolute Gasteiger partial charge is 0.137 e. The van der Waals surface area contributed by atoms with Gasteiger partial charge >= 0.3 is 0 Å². The van der Waals surface area contributed by atoms with Crippen molar-refractivity contribution in [1.82, 2.24) is 5.32 Å². The monoisotopic (exact) mass is 353 g/mol. The first-order valence-corrected chi connectivity index (χ1v) is 7.83. The van der Waals surface area contributed by atoms with E-state index < -0.39 is 11.6 Å². The normalized spacial score (nSPS) is 12.4. The third-order valence-corrected chi connectivity index (χ3v) is 4.11. The van der Waals surface area contributed by atoms with Crippen LogP contribution in [0.1, 0.15) is 36.6 Å². The quantitative estimate of drug-likeness (QED) is 0.746. The lowest BCUT2D eigenvalue weighted by Crippen LogP contribution is -2.24. The van der Waals surface area contributed by atoms with E-state index in [-0.39, 0.29) is 10.5 Å². The maximum absolute atomic E-state index is 14.3. The molecule has 4 heteroatoms. The number of rotatable bonds is 5. The minimum atomic E-state index is -0.455. The molecule has 0 amide bonds. The van der Waals surface area contributed by atoms with Crippen molar-refractivity contribution >= 4 is 15.9 Å². The van der Waals surface area contributed by atoms with E-state index in [9.17, 15) is 8.78 Å². The number of hydrogen-bond acceptors (Lipinski definition) is 1. The van der Waals surface area contributed by atoms with Gasteiger partial charge in [-0.3, -0.25) is 0 Å². The summed E-state index contributed by atoms with van der Waals surface area (Å²) in [5.74, 6) is -0.872. The lowest BCUT2D eigenvalue weighted by Gasteiger charge is -2.22. The maximum atomic E-state index is 14.3. The first-order chi connectivity index (χ1) is 10.1. The van der Waals surface area contributed by atoms with Crippen LogP contribution in [-0.4, -0.2) is 6.54 Å². The first-order valence-electron chi connectivity index (χ1n) is 7.04. The zero-order valence-electron chi connectivity index (χ0n) is 12.1. The highest BCUT2D eigenvalue weighted by Gasteiger charge is 2.21. The van der Waals surface area contributed by atoms with Gasteiger partial charge in [-0.2, -0.15) is 0 Å². The van der Waals surface area contributed by atoms with Gasteiger partial charge in [-0.1, -0.05) is 38.1 Å². The van der Waals surface area contributed by atoms with Gasteiger partial charge in [0.2, 0.25) is 0 Å². The van der Waals surface area contributed by atoms with Crippen LogP contribution in [0.3, 0.4) is 0 Å². The van der Waals surface area contributed by atoms with Crippen LogP contribution in [0.15, 0.2) is 40.9 Å². The minimum absolute atomic E-state index is 0.141. The summed E-state index contributed by atoms with van der Waals surface area (Å²) in [7, 11) is 0. The Morgan fingerprint density at radius 2 is 1.76 bits per heavy atom. The fraction of sp³-hybridized carbons (Fsp3) is 0.294. The van der Waals surface area contributed by atoms with Crippen LogP contribution in [0.4, 0.5) is 8.78 Å². The Hall–Kier alpha value is -1.26. The van der Waals surface area contributed by atoms with E-state index in [0.29, 0.717) is 12.1 Å². The van der Waals surface area contributed by atoms with E-state index in [2.05, 4.69) is 28.2 Å². The minimum Gasteiger partial charge on any atom is -0.306 e. The summed E-state index contributed by atoms with van der Waals surface area (Å²) in [6, 6.07) is 9.96. The molecular formula is C17H18BrF2N. The Balaban J connectivity index is 2.56. The Bertz CT molecular complexity index is 628. The molecule has 2 aromatic carbocycles. The molecule has 2 rings (SSSR count). The molecule has 0 spiro atoms. The molecule has 0 aliphatic rings. The predicted octanol–water partition coefficient (Wildman–Crippen LogP) is 4.99. The molecule has 1 atom stereocenters. The van der Waals surface area contributed by atoms with E-state index in [1.54, 1.807) is 0 Å². The van der Waals surface area contributed by atoms with Crippen molar-refractivity contribution in [2.24, 2.45) is 0 Å². The summed E-state index contributed by atoms with van der Waals surface area (Å²) in [5.41, 5.74) is 2.45. The highest BCUT2D eigenvalue weighted by Crippen LogP contribution is 2.30. The second kappa shape index (κ2) is 7.14. The van der Waals surface area contributed by atoms with Crippen LogP contribution in [-0.2, 0) is 6.42 Å². The van der Waals surface area contributed by atoms with E-state index in [1.807, 2.05) is 31.2 Å². The van der Waals surface area contributed by atoms with Gasteiger partial charge in [-0.15, -0.1) is 0 Å². The van der Waals surface area contributed by atoms with Crippen molar-refractivity contribution in [1.29, 1.82) is 0 Å². The second-order valence-electron chi connectivity index (χ2n) is 4.83. The topological polar surface area (TPSA) is 12.0 Å². The van der Waals surface area contributed by atoms with Crippen molar-refractivity contribution < 1.29 is 8.78 Å². The molecule has 1 N–H and O–H groups in total. The van der Waals surface area contributed by atoms with Gasteiger partial charge in [0.05, 0.1) is 10.5 Å². The molecular weight excluding hydrogens is 336 g/mol. The van der Waals surface area contributed by atoms with Crippen LogP contribution in [0.25, 0.3) is 0 Å². The summed E-state index contributed by atoms with van der Waals surface area (Å²) in [5, 5.41) is 3.26. The van der Waals surface area contributed by atoms with Gasteiger partial charge in [0.15, 0.2) is 0 Å². The third kappa shape index (κ3) is 3.50. The molecule has 21 heavy (non-hydrogen) atoms. The molecule has 0 aromatic heterocycles. The summed E-state index contributed by atoms with van der Waals surface area (Å²) in [6.45, 7) is 4.68. The van der Waals surface area contributed by atoms with Crippen LogP contribution in [0.5, 0.6) is 0 Å². The number of halogens is 3. The molecule has 2 aromatic rings. The average Bonchev–Trinajstić information content (AvgIpc) is 2.49. The average molecular weight is 354 g/mol. The largest absolute Gasteiger partial charge is 0.306 e. The molecule has 1 unspecified atom stereocenters. The van der Waals surface area contributed by atoms with Gasteiger partial charge in [0, 0.05) is 5.56 Å². The highest BCUT2D eigenvalue weighted by molar-refractivity contribution is 9.10. The zero-order valence-corrected chi connectivity index (χ0v) is 13.7. The van der Waals surface area contributed by atoms with Crippen molar-refractivity contribution in [3.8, 4) is 0 Å². The fourth-order valence-electron chi connectivity index (χ4n) is 2.49. The van der Waals surface area contributed by atoms with Gasteiger partial charge in [0.1, 0.15) is 11.6 Å². The summed E-state index contributed by atoms with van der Waals surface area (Å²) >= 11 is 3.02. The van der Waals surface area contributed by atoms with Crippen LogP contribution in [0, 0.1) is 11.6 Å². The maximum Gasteiger partial charge on any atom is 0.137 e. The number of aryl methyl sites for hydroxylation is 1. The molecule has 112 valence electrons. The zero-order chi connectivity index (χ0) is 15.4. The molecule has 0 aliphatic carbocycles. The lowest BCUT2D eigenvalue weighted by atomic mass is 9.93. The predicted molar refractivity (Wildman–Crippen MR) is 85.4 cm³/mol. The molecule has 1 nitrogen and oxygen atoms in total. The molecule has 0 radical (unpaired) electrons. The Morgan fingerprint density at radius 3 is 2.43 bits per heavy atom. The Morgan fingerprint density at radius 1 is 1.05 bits per heavy atom. The SMILES string of the molecule is CCNC(c1cc(F)c(Br)cc1F)c1ccccc1CC. The van der Waals surface area contributed by atoms with Gasteiger partial charge < -0.3 is 5.32 Å². The van der Waals surface area contributed by atoms with Crippen LogP contribution < -0.4 is 5.32 Å². The van der Waals surface area contributed by atoms with E-state index in [1.165, 1.54) is 12.1 Å². The first kappa shape index (κ1) is 16.1. The fourth-order valence-corrected chi connectivity index (χ4v) is 2.80. The molecule has 0 aliphatic heterocycles. The summed E-state index contributed by atoms with van der Waals surface area (Å²) in [4.78, 5) is 0. The van der Waals surface area contributed by atoms with Crippen molar-refractivity contribution in [3.63, 3.8) is 0 Å². The van der Waals surface area contributed by atoms with E-state index in [4.69, 9.17) is 0 Å². The molecule has 0 fully saturated rings. The van der Waals surface area contributed by atoms with E-state index in [0.717, 1.165) is 17.5 Å². The van der Waals surface area contributed by atoms with Crippen LogP contribution in [0.2, 0.25) is 0 Å². The van der Waals surface area contributed by atoms with E-state index >= 15 is 0 Å². The van der Waals surface area contributed by atoms with Gasteiger partial charge in [-0.25, -0.2) is 8.78 Å². The van der Waals surface area contributed by atoms with Gasteiger partial charge in [0.25, 0.3) is 0 Å². The Kier molecular flexibility index (Phi) is 5.48. The Labute approximate surface area is 132 Å². The highest BCUT2D eigenvalue weighted by atomic mass is 79.9. The molecule has 0 saturated carbocycles. The molecule has 0 bridgehead atoms. The summed E-state index contributed by atoms with van der Waals surface area (Å²) < 4.78 is 28.2. The van der Waals surface area contributed by atoms with Crippen molar-refractivity contribution in [2.75, 3.05) is 6.54 Å². The number of hydrogen-bond donors (Lipinski definition) is 1. The number of nitrogens with one attached hydrogen (secondary N) is 1. The molecule has 0 saturated heterocycles. The lowest BCUT2D eigenvalue weighted by molar-refractivity contribution is 0.540. The second-order valence-corrected chi connectivity index (χ2v) is 5.69. The third-order valence-electron chi connectivity index (χ3n) is 3.51. The number of benzene rings is 2. The summed E-state index contributed by atoms with van der Waals surface area (Å²) in [6.07, 6.45) is 0.846. The van der Waals surface area contributed by atoms with Crippen molar-refractivity contribution in [2.45, 2.75) is 26.3 Å². The van der Waals surface area contributed by atoms with Crippen molar-refractivity contribution in [3.05, 3.63) is 69.2 Å².